The molecule has 98 valence electrons. The largest absolute Gasteiger partial charge is 0.336 e. The van der Waals surface area contributed by atoms with Gasteiger partial charge in [0.25, 0.3) is 0 Å². The molecule has 0 aliphatic carbocycles. The SMILES string of the molecule is C[Si](C)(C)C1([Si](C)(C)C)NC(=O)NC(=O)C1Cl. The molecular weight excluding hydrogens is 272 g/mol. The lowest BCUT2D eigenvalue weighted by Crippen LogP contribution is -2.84. The molecule has 1 fully saturated rings. The van der Waals surface area contributed by atoms with E-state index in [9.17, 15) is 9.59 Å². The van der Waals surface area contributed by atoms with E-state index in [1.807, 2.05) is 0 Å². The van der Waals surface area contributed by atoms with Crippen LogP contribution in [0, 0.1) is 0 Å². The number of halogens is 1. The van der Waals surface area contributed by atoms with Crippen LogP contribution in [0.15, 0.2) is 0 Å². The van der Waals surface area contributed by atoms with E-state index in [4.69, 9.17) is 11.6 Å². The number of hydrogen-bond donors (Lipinski definition) is 2. The molecule has 1 atom stereocenters. The number of hydrogen-bond acceptors (Lipinski definition) is 2. The van der Waals surface area contributed by atoms with Gasteiger partial charge < -0.3 is 5.32 Å². The highest BCUT2D eigenvalue weighted by Gasteiger charge is 2.61. The molecule has 0 aromatic heterocycles. The normalized spacial score (nSPS) is 25.2. The van der Waals surface area contributed by atoms with Gasteiger partial charge >= 0.3 is 6.03 Å². The Balaban J connectivity index is 3.42. The van der Waals surface area contributed by atoms with Crippen molar-refractivity contribution in [1.82, 2.24) is 10.6 Å². The molecule has 1 heterocycles. The topological polar surface area (TPSA) is 58.2 Å². The van der Waals surface area contributed by atoms with Crippen molar-refractivity contribution in [2.24, 2.45) is 0 Å². The first-order chi connectivity index (χ1) is 7.43. The van der Waals surface area contributed by atoms with Crippen LogP contribution in [0.25, 0.3) is 0 Å². The minimum absolute atomic E-state index is 0.361. The average Bonchev–Trinajstić information content (AvgIpc) is 2.06. The summed E-state index contributed by atoms with van der Waals surface area (Å²) < 4.78 is 0. The molecule has 0 radical (unpaired) electrons. The first-order valence-electron chi connectivity index (χ1n) is 5.70. The molecule has 0 saturated carbocycles. The molecule has 0 bridgehead atoms. The van der Waals surface area contributed by atoms with Crippen LogP contribution in [0.1, 0.15) is 0 Å². The minimum Gasteiger partial charge on any atom is -0.336 e. The van der Waals surface area contributed by atoms with E-state index in [-0.39, 0.29) is 5.91 Å². The Morgan fingerprint density at radius 2 is 1.47 bits per heavy atom. The van der Waals surface area contributed by atoms with Crippen molar-refractivity contribution in [3.63, 3.8) is 0 Å². The lowest BCUT2D eigenvalue weighted by Gasteiger charge is -2.55. The summed E-state index contributed by atoms with van der Waals surface area (Å²) in [5.74, 6) is -0.361. The Morgan fingerprint density at radius 3 is 1.82 bits per heavy atom. The highest BCUT2D eigenvalue weighted by Crippen LogP contribution is 2.38. The Kier molecular flexibility index (Phi) is 3.55. The Morgan fingerprint density at radius 1 is 1.06 bits per heavy atom. The van der Waals surface area contributed by atoms with Gasteiger partial charge in [-0.05, 0) is 0 Å². The molecule has 17 heavy (non-hydrogen) atoms. The van der Waals surface area contributed by atoms with Gasteiger partial charge in [0.05, 0.1) is 16.1 Å². The number of carbonyl (C=O) groups excluding carboxylic acids is 2. The van der Waals surface area contributed by atoms with Crippen LogP contribution >= 0.6 is 11.6 Å². The fourth-order valence-electron chi connectivity index (χ4n) is 2.91. The molecule has 0 aromatic rings. The van der Waals surface area contributed by atoms with Crippen molar-refractivity contribution in [3.8, 4) is 0 Å². The number of urea groups is 1. The van der Waals surface area contributed by atoms with Gasteiger partial charge in [0.2, 0.25) is 5.91 Å². The minimum atomic E-state index is -1.85. The van der Waals surface area contributed by atoms with Gasteiger partial charge in [-0.25, -0.2) is 4.79 Å². The van der Waals surface area contributed by atoms with Gasteiger partial charge in [-0.2, -0.15) is 0 Å². The van der Waals surface area contributed by atoms with E-state index in [0.717, 1.165) is 0 Å². The van der Waals surface area contributed by atoms with Crippen LogP contribution in [-0.2, 0) is 4.79 Å². The number of amides is 3. The second kappa shape index (κ2) is 4.10. The highest BCUT2D eigenvalue weighted by atomic mass is 35.5. The number of nitrogens with one attached hydrogen (secondary N) is 2. The lowest BCUT2D eigenvalue weighted by molar-refractivity contribution is -0.120. The van der Waals surface area contributed by atoms with Crippen LogP contribution in [0.2, 0.25) is 39.3 Å². The van der Waals surface area contributed by atoms with Gasteiger partial charge in [-0.1, -0.05) is 39.3 Å². The predicted molar refractivity (Wildman–Crippen MR) is 75.7 cm³/mol. The highest BCUT2D eigenvalue weighted by molar-refractivity contribution is 7.00. The molecule has 7 heteroatoms. The van der Waals surface area contributed by atoms with Crippen molar-refractivity contribution in [1.29, 1.82) is 0 Å². The lowest BCUT2D eigenvalue weighted by atomic mass is 10.3. The van der Waals surface area contributed by atoms with E-state index in [0.29, 0.717) is 0 Å². The fourth-order valence-corrected chi connectivity index (χ4v) is 16.7. The summed E-state index contributed by atoms with van der Waals surface area (Å²) in [7, 11) is -3.70. The van der Waals surface area contributed by atoms with Crippen molar-refractivity contribution in [2.45, 2.75) is 49.4 Å². The number of alkyl halides is 1. The molecule has 1 aliphatic heterocycles. The molecule has 1 rings (SSSR count). The Bertz CT molecular complexity index is 346. The summed E-state index contributed by atoms with van der Waals surface area (Å²) in [4.78, 5) is 23.0. The molecule has 0 spiro atoms. The van der Waals surface area contributed by atoms with E-state index in [2.05, 4.69) is 49.9 Å². The van der Waals surface area contributed by atoms with Gasteiger partial charge in [0, 0.05) is 4.79 Å². The van der Waals surface area contributed by atoms with Gasteiger partial charge in [-0.3, -0.25) is 10.1 Å². The van der Waals surface area contributed by atoms with Crippen molar-refractivity contribution >= 4 is 39.7 Å². The van der Waals surface area contributed by atoms with Crippen molar-refractivity contribution < 1.29 is 9.59 Å². The van der Waals surface area contributed by atoms with E-state index >= 15 is 0 Å². The molecule has 1 aliphatic rings. The quantitative estimate of drug-likeness (QED) is 0.603. The molecule has 4 nitrogen and oxygen atoms in total. The van der Waals surface area contributed by atoms with Crippen LogP contribution in [0.4, 0.5) is 4.79 Å². The number of carbonyl (C=O) groups is 2. The molecule has 1 saturated heterocycles. The summed E-state index contributed by atoms with van der Waals surface area (Å²) in [5, 5.41) is 4.59. The predicted octanol–water partition coefficient (Wildman–Crippen LogP) is 1.93. The first-order valence-corrected chi connectivity index (χ1v) is 13.1. The maximum Gasteiger partial charge on any atom is 0.321 e. The zero-order valence-corrected chi connectivity index (χ0v) is 14.0. The fraction of sp³-hybridized carbons (Fsp3) is 0.800. The second-order valence-corrected chi connectivity index (χ2v) is 18.1. The van der Waals surface area contributed by atoms with Gasteiger partial charge in [0.15, 0.2) is 0 Å². The zero-order valence-electron chi connectivity index (χ0n) is 11.3. The first kappa shape index (κ1) is 14.7. The van der Waals surface area contributed by atoms with E-state index < -0.39 is 32.3 Å². The summed E-state index contributed by atoms with van der Waals surface area (Å²) in [6, 6.07) is -0.406. The third kappa shape index (κ3) is 2.18. The van der Waals surface area contributed by atoms with Crippen LogP contribution in [0.3, 0.4) is 0 Å². The molecular formula is C10H21ClN2O2Si2. The van der Waals surface area contributed by atoms with Crippen molar-refractivity contribution in [3.05, 3.63) is 0 Å². The summed E-state index contributed by atoms with van der Waals surface area (Å²) in [5.41, 5.74) is 0. The Hall–Kier alpha value is -0.336. The third-order valence-corrected chi connectivity index (χ3v) is 14.5. The molecule has 3 amide bonds. The van der Waals surface area contributed by atoms with Crippen LogP contribution < -0.4 is 10.6 Å². The molecule has 2 N–H and O–H groups in total. The molecule has 0 aromatic carbocycles. The number of rotatable bonds is 2. The third-order valence-electron chi connectivity index (χ3n) is 3.52. The van der Waals surface area contributed by atoms with Crippen LogP contribution in [-0.4, -0.2) is 38.2 Å². The van der Waals surface area contributed by atoms with E-state index in [1.54, 1.807) is 0 Å². The summed E-state index contributed by atoms with van der Waals surface area (Å²) >= 11 is 6.37. The maximum absolute atomic E-state index is 11.9. The van der Waals surface area contributed by atoms with E-state index in [1.165, 1.54) is 0 Å². The summed E-state index contributed by atoms with van der Waals surface area (Å²) in [6.07, 6.45) is 0. The van der Waals surface area contributed by atoms with Gasteiger partial charge in [-0.15, -0.1) is 11.6 Å². The van der Waals surface area contributed by atoms with Gasteiger partial charge in [0.1, 0.15) is 5.38 Å². The van der Waals surface area contributed by atoms with Crippen LogP contribution in [0.5, 0.6) is 0 Å². The second-order valence-electron chi connectivity index (χ2n) is 6.61. The maximum atomic E-state index is 11.9. The molecule has 1 unspecified atom stereocenters. The monoisotopic (exact) mass is 292 g/mol. The standard InChI is InChI=1S/C10H21ClN2O2Si2/c1-16(2,3)10(17(4,5)6)7(11)8(14)12-9(15)13-10/h7H,1-6H3,(H2,12,13,14,15). The average molecular weight is 293 g/mol. The van der Waals surface area contributed by atoms with Crippen molar-refractivity contribution in [2.75, 3.05) is 0 Å². The Labute approximate surface area is 110 Å². The smallest absolute Gasteiger partial charge is 0.321 e. The summed E-state index contributed by atoms with van der Waals surface area (Å²) in [6.45, 7) is 12.9. The number of imide groups is 1. The zero-order chi connectivity index (χ0) is 13.6.